The molecule has 0 unspecified atom stereocenters. The number of aromatic nitrogens is 2. The average Bonchev–Trinajstić information content (AvgIpc) is 3.11. The van der Waals surface area contributed by atoms with Gasteiger partial charge in [-0.15, -0.1) is 0 Å². The molecule has 1 N–H and O–H groups in total. The van der Waals surface area contributed by atoms with E-state index in [2.05, 4.69) is 26.8 Å². The second kappa shape index (κ2) is 5.96. The zero-order valence-electron chi connectivity index (χ0n) is 11.0. The summed E-state index contributed by atoms with van der Waals surface area (Å²) in [6.45, 7) is 0. The Morgan fingerprint density at radius 3 is 2.95 bits per heavy atom. The molecule has 1 heterocycles. The Kier molecular flexibility index (Phi) is 3.87. The number of amides is 1. The summed E-state index contributed by atoms with van der Waals surface area (Å²) in [5.74, 6) is 1.04. The predicted molar refractivity (Wildman–Crippen MR) is 80.5 cm³/mol. The summed E-state index contributed by atoms with van der Waals surface area (Å²) in [6, 6.07) is 9.75. The minimum Gasteiger partial charge on any atom is -0.301 e. The first-order chi connectivity index (χ1) is 9.81. The van der Waals surface area contributed by atoms with Crippen molar-refractivity contribution >= 4 is 22.6 Å². The van der Waals surface area contributed by atoms with E-state index in [0.717, 1.165) is 18.4 Å². The van der Waals surface area contributed by atoms with Crippen LogP contribution in [0, 0.1) is 5.92 Å². The van der Waals surface area contributed by atoms with Crippen LogP contribution in [0.3, 0.4) is 0 Å². The first-order valence-electron chi connectivity index (χ1n) is 6.67. The number of nitrogens with zero attached hydrogens (tertiary/aromatic N) is 2. The summed E-state index contributed by atoms with van der Waals surface area (Å²) >= 11 is 1.22. The second-order valence-electron chi connectivity index (χ2n) is 4.81. The van der Waals surface area contributed by atoms with Crippen molar-refractivity contribution in [2.24, 2.45) is 5.92 Å². The van der Waals surface area contributed by atoms with Gasteiger partial charge in [0.1, 0.15) is 0 Å². The molecule has 0 aliphatic heterocycles. The van der Waals surface area contributed by atoms with Crippen molar-refractivity contribution in [1.82, 2.24) is 9.36 Å². The minimum atomic E-state index is 0.0114. The van der Waals surface area contributed by atoms with Gasteiger partial charge in [-0.2, -0.15) is 9.36 Å². The SMILES string of the molecule is O=C(C[C@@H]1C=CCC1)Nc1nc(-c2ccccc2)ns1. The predicted octanol–water partition coefficient (Wildman–Crippen LogP) is 3.50. The highest BCUT2D eigenvalue weighted by molar-refractivity contribution is 7.10. The number of hydrogen-bond acceptors (Lipinski definition) is 4. The Morgan fingerprint density at radius 2 is 2.20 bits per heavy atom. The summed E-state index contributed by atoms with van der Waals surface area (Å²) in [6.07, 6.45) is 6.93. The molecule has 1 aromatic carbocycles. The molecule has 0 bridgehead atoms. The lowest BCUT2D eigenvalue weighted by Gasteiger charge is -2.05. The minimum absolute atomic E-state index is 0.0114. The average molecular weight is 285 g/mol. The molecular formula is C15H15N3OS. The van der Waals surface area contributed by atoms with Crippen LogP contribution in [0.5, 0.6) is 0 Å². The van der Waals surface area contributed by atoms with Crippen LogP contribution in [0.25, 0.3) is 11.4 Å². The number of anilines is 1. The van der Waals surface area contributed by atoms with Crippen molar-refractivity contribution in [1.29, 1.82) is 0 Å². The van der Waals surface area contributed by atoms with Crippen LogP contribution < -0.4 is 5.32 Å². The van der Waals surface area contributed by atoms with Gasteiger partial charge in [0.2, 0.25) is 11.0 Å². The molecule has 4 nitrogen and oxygen atoms in total. The van der Waals surface area contributed by atoms with E-state index in [1.54, 1.807) is 0 Å². The number of allylic oxidation sites excluding steroid dienone is 2. The highest BCUT2D eigenvalue weighted by Crippen LogP contribution is 2.23. The summed E-state index contributed by atoms with van der Waals surface area (Å²) in [4.78, 5) is 16.3. The summed E-state index contributed by atoms with van der Waals surface area (Å²) in [7, 11) is 0. The quantitative estimate of drug-likeness (QED) is 0.875. The normalized spacial score (nSPS) is 17.3. The molecule has 2 aromatic rings. The monoisotopic (exact) mass is 285 g/mol. The lowest BCUT2D eigenvalue weighted by Crippen LogP contribution is -2.14. The third kappa shape index (κ3) is 3.11. The van der Waals surface area contributed by atoms with Crippen LogP contribution in [-0.2, 0) is 4.79 Å². The number of rotatable bonds is 4. The van der Waals surface area contributed by atoms with Gasteiger partial charge in [0.25, 0.3) is 0 Å². The highest BCUT2D eigenvalue weighted by atomic mass is 32.1. The lowest BCUT2D eigenvalue weighted by molar-refractivity contribution is -0.116. The van der Waals surface area contributed by atoms with Crippen LogP contribution in [-0.4, -0.2) is 15.3 Å². The topological polar surface area (TPSA) is 54.9 Å². The maximum Gasteiger partial charge on any atom is 0.226 e. The van der Waals surface area contributed by atoms with E-state index in [0.29, 0.717) is 23.3 Å². The molecule has 3 rings (SSSR count). The molecule has 1 atom stereocenters. The van der Waals surface area contributed by atoms with Crippen molar-refractivity contribution in [3.05, 3.63) is 42.5 Å². The first kappa shape index (κ1) is 13.0. The van der Waals surface area contributed by atoms with E-state index in [-0.39, 0.29) is 5.91 Å². The number of carbonyl (C=O) groups excluding carboxylic acids is 1. The summed E-state index contributed by atoms with van der Waals surface area (Å²) in [5.41, 5.74) is 0.961. The fourth-order valence-electron chi connectivity index (χ4n) is 2.25. The number of benzene rings is 1. The highest BCUT2D eigenvalue weighted by Gasteiger charge is 2.15. The van der Waals surface area contributed by atoms with Crippen LogP contribution >= 0.6 is 11.5 Å². The Morgan fingerprint density at radius 1 is 1.35 bits per heavy atom. The van der Waals surface area contributed by atoms with Crippen molar-refractivity contribution in [2.45, 2.75) is 19.3 Å². The van der Waals surface area contributed by atoms with E-state index in [1.807, 2.05) is 30.3 Å². The Balaban J connectivity index is 1.62. The Labute approximate surface area is 121 Å². The number of carbonyl (C=O) groups is 1. The van der Waals surface area contributed by atoms with E-state index in [4.69, 9.17) is 0 Å². The molecule has 20 heavy (non-hydrogen) atoms. The van der Waals surface area contributed by atoms with Gasteiger partial charge < -0.3 is 5.32 Å². The van der Waals surface area contributed by atoms with Gasteiger partial charge in [0.15, 0.2) is 5.82 Å². The maximum atomic E-state index is 11.9. The fourth-order valence-corrected chi connectivity index (χ4v) is 2.86. The molecule has 102 valence electrons. The maximum absolute atomic E-state index is 11.9. The van der Waals surface area contributed by atoms with Crippen molar-refractivity contribution < 1.29 is 4.79 Å². The standard InChI is InChI=1S/C15H15N3OS/c19-13(10-11-6-4-5-7-11)16-15-17-14(18-20-15)12-8-2-1-3-9-12/h1-4,6,8-9,11H,5,7,10H2,(H,16,17,18,19)/t11-/m1/s1. The molecule has 0 saturated heterocycles. The molecule has 1 aromatic heterocycles. The third-order valence-electron chi connectivity index (χ3n) is 3.26. The molecule has 5 heteroatoms. The molecule has 1 aliphatic rings. The van der Waals surface area contributed by atoms with Crippen molar-refractivity contribution in [3.8, 4) is 11.4 Å². The smallest absolute Gasteiger partial charge is 0.226 e. The molecule has 0 spiro atoms. The van der Waals surface area contributed by atoms with E-state index >= 15 is 0 Å². The summed E-state index contributed by atoms with van der Waals surface area (Å²) in [5, 5.41) is 3.40. The van der Waals surface area contributed by atoms with Crippen molar-refractivity contribution in [3.63, 3.8) is 0 Å². The fraction of sp³-hybridized carbons (Fsp3) is 0.267. The molecular weight excluding hydrogens is 270 g/mol. The first-order valence-corrected chi connectivity index (χ1v) is 7.44. The molecule has 1 amide bonds. The van der Waals surface area contributed by atoms with Gasteiger partial charge in [-0.1, -0.05) is 42.5 Å². The van der Waals surface area contributed by atoms with Crippen molar-refractivity contribution in [2.75, 3.05) is 5.32 Å². The van der Waals surface area contributed by atoms with Gasteiger partial charge in [0, 0.05) is 23.5 Å². The van der Waals surface area contributed by atoms with Gasteiger partial charge >= 0.3 is 0 Å². The van der Waals surface area contributed by atoms with Crippen LogP contribution in [0.2, 0.25) is 0 Å². The van der Waals surface area contributed by atoms with E-state index in [9.17, 15) is 4.79 Å². The molecule has 0 fully saturated rings. The van der Waals surface area contributed by atoms with Gasteiger partial charge in [-0.3, -0.25) is 4.79 Å². The zero-order chi connectivity index (χ0) is 13.8. The third-order valence-corrected chi connectivity index (χ3v) is 3.89. The lowest BCUT2D eigenvalue weighted by atomic mass is 10.1. The Hall–Kier alpha value is -2.01. The van der Waals surface area contributed by atoms with Crippen LogP contribution in [0.4, 0.5) is 5.13 Å². The largest absolute Gasteiger partial charge is 0.301 e. The number of nitrogens with one attached hydrogen (secondary N) is 1. The summed E-state index contributed by atoms with van der Waals surface area (Å²) < 4.78 is 4.27. The van der Waals surface area contributed by atoms with E-state index in [1.165, 1.54) is 11.5 Å². The van der Waals surface area contributed by atoms with E-state index < -0.39 is 0 Å². The second-order valence-corrected chi connectivity index (χ2v) is 5.56. The zero-order valence-corrected chi connectivity index (χ0v) is 11.8. The molecule has 0 radical (unpaired) electrons. The van der Waals surface area contributed by atoms with Crippen LogP contribution in [0.15, 0.2) is 42.5 Å². The molecule has 1 aliphatic carbocycles. The number of hydrogen-bond donors (Lipinski definition) is 1. The Bertz CT molecular complexity index is 621. The van der Waals surface area contributed by atoms with Gasteiger partial charge in [0.05, 0.1) is 0 Å². The van der Waals surface area contributed by atoms with Gasteiger partial charge in [-0.25, -0.2) is 0 Å². The van der Waals surface area contributed by atoms with Gasteiger partial charge in [-0.05, 0) is 18.8 Å². The molecule has 0 saturated carbocycles. The van der Waals surface area contributed by atoms with Crippen LogP contribution in [0.1, 0.15) is 19.3 Å².